The molecule has 0 amide bonds. The minimum atomic E-state index is -0.569. The van der Waals surface area contributed by atoms with Gasteiger partial charge in [-0.05, 0) is 6.92 Å². The van der Waals surface area contributed by atoms with Crippen molar-refractivity contribution in [3.63, 3.8) is 0 Å². The Morgan fingerprint density at radius 1 is 1.41 bits per heavy atom. The van der Waals surface area contributed by atoms with Crippen molar-refractivity contribution in [3.05, 3.63) is 32.6 Å². The van der Waals surface area contributed by atoms with E-state index in [1.807, 2.05) is 0 Å². The van der Waals surface area contributed by atoms with Gasteiger partial charge in [0.05, 0.1) is 6.61 Å². The van der Waals surface area contributed by atoms with Crippen molar-refractivity contribution in [2.24, 2.45) is 0 Å². The van der Waals surface area contributed by atoms with Crippen LogP contribution in [0.3, 0.4) is 0 Å². The van der Waals surface area contributed by atoms with Gasteiger partial charge in [-0.3, -0.25) is 14.3 Å². The molecule has 0 aromatic carbocycles. The zero-order valence-corrected chi connectivity index (χ0v) is 9.12. The highest BCUT2D eigenvalue weighted by atomic mass is 16.7. The number of epoxide rings is 1. The molecule has 1 aromatic heterocycles. The molecule has 0 bridgehead atoms. The number of rotatable bonds is 2. The van der Waals surface area contributed by atoms with Crippen LogP contribution in [0.4, 0.5) is 0 Å². The van der Waals surface area contributed by atoms with E-state index in [2.05, 4.69) is 4.98 Å². The van der Waals surface area contributed by atoms with Crippen molar-refractivity contribution in [1.82, 2.24) is 9.55 Å². The molecule has 1 aromatic rings. The molecule has 2 aliphatic rings. The Bertz CT molecular complexity index is 563. The van der Waals surface area contributed by atoms with Crippen LogP contribution in [0.2, 0.25) is 0 Å². The maximum atomic E-state index is 11.6. The minimum absolute atomic E-state index is 0.144. The normalized spacial score (nSPS) is 34.7. The number of aryl methyl sites for hydroxylation is 1. The first-order chi connectivity index (χ1) is 8.11. The van der Waals surface area contributed by atoms with Crippen molar-refractivity contribution in [3.8, 4) is 0 Å². The molecule has 0 aliphatic carbocycles. The van der Waals surface area contributed by atoms with Gasteiger partial charge in [0.1, 0.15) is 18.3 Å². The highest BCUT2D eigenvalue weighted by Gasteiger charge is 2.58. The van der Waals surface area contributed by atoms with Gasteiger partial charge in [0.2, 0.25) is 0 Å². The number of aromatic amines is 1. The first-order valence-electron chi connectivity index (χ1n) is 5.35. The summed E-state index contributed by atoms with van der Waals surface area (Å²) in [5, 5.41) is 9.05. The van der Waals surface area contributed by atoms with E-state index in [-0.39, 0.29) is 18.8 Å². The average Bonchev–Trinajstić information content (AvgIpc) is 3.00. The topological polar surface area (TPSA) is 96.8 Å². The lowest BCUT2D eigenvalue weighted by Gasteiger charge is -2.18. The lowest BCUT2D eigenvalue weighted by molar-refractivity contribution is -0.0857. The van der Waals surface area contributed by atoms with Gasteiger partial charge < -0.3 is 14.6 Å². The fraction of sp³-hybridized carbons (Fsp3) is 0.600. The lowest BCUT2D eigenvalue weighted by atomic mass is 10.2. The number of hydrogen-bond donors (Lipinski definition) is 2. The van der Waals surface area contributed by atoms with Gasteiger partial charge in [-0.2, -0.15) is 0 Å². The molecule has 7 nitrogen and oxygen atoms in total. The third-order valence-corrected chi connectivity index (χ3v) is 3.12. The zero-order valence-electron chi connectivity index (χ0n) is 9.12. The zero-order chi connectivity index (χ0) is 12.2. The molecule has 4 atom stereocenters. The summed E-state index contributed by atoms with van der Waals surface area (Å²) in [5.41, 5.74) is -0.507. The van der Waals surface area contributed by atoms with E-state index in [4.69, 9.17) is 14.6 Å². The maximum absolute atomic E-state index is 11.6. The lowest BCUT2D eigenvalue weighted by Crippen LogP contribution is -2.35. The van der Waals surface area contributed by atoms with Crippen molar-refractivity contribution >= 4 is 0 Å². The minimum Gasteiger partial charge on any atom is -0.394 e. The number of ether oxygens (including phenoxy) is 2. The molecule has 0 spiro atoms. The third-order valence-electron chi connectivity index (χ3n) is 3.12. The molecule has 2 aliphatic heterocycles. The number of aliphatic hydroxyl groups is 1. The Labute approximate surface area is 95.6 Å². The summed E-state index contributed by atoms with van der Waals surface area (Å²) in [5.74, 6) is 0. The first-order valence-corrected chi connectivity index (χ1v) is 5.35. The number of H-pyrrole nitrogens is 1. The van der Waals surface area contributed by atoms with Crippen molar-refractivity contribution in [1.29, 1.82) is 0 Å². The number of hydrogen-bond acceptors (Lipinski definition) is 5. The Morgan fingerprint density at radius 2 is 2.18 bits per heavy atom. The van der Waals surface area contributed by atoms with E-state index < -0.39 is 23.6 Å². The summed E-state index contributed by atoms with van der Waals surface area (Å²) in [4.78, 5) is 25.1. The highest BCUT2D eigenvalue weighted by molar-refractivity contribution is 5.06. The Hall–Kier alpha value is -1.44. The molecule has 0 saturated carbocycles. The van der Waals surface area contributed by atoms with Crippen LogP contribution < -0.4 is 11.2 Å². The van der Waals surface area contributed by atoms with Gasteiger partial charge in [0.25, 0.3) is 5.56 Å². The van der Waals surface area contributed by atoms with Crippen LogP contribution in [0.1, 0.15) is 11.8 Å². The molecule has 92 valence electrons. The predicted octanol–water partition coefficient (Wildman–Crippen LogP) is -1.50. The molecule has 0 radical (unpaired) electrons. The molecule has 7 heteroatoms. The second kappa shape index (κ2) is 3.52. The number of aliphatic hydroxyl groups excluding tert-OH is 1. The van der Waals surface area contributed by atoms with Crippen LogP contribution >= 0.6 is 0 Å². The SMILES string of the molecule is Cc1cn([C@@H]2O[C@H](CO)[C@H]3OC23)c(=O)[nH]c1=O. The van der Waals surface area contributed by atoms with Gasteiger partial charge in [-0.1, -0.05) is 0 Å². The quantitative estimate of drug-likeness (QED) is 0.613. The number of nitrogens with one attached hydrogen (secondary N) is 1. The van der Waals surface area contributed by atoms with E-state index in [0.717, 1.165) is 0 Å². The second-order valence-electron chi connectivity index (χ2n) is 4.29. The van der Waals surface area contributed by atoms with Crippen LogP contribution in [-0.4, -0.2) is 39.6 Å². The van der Waals surface area contributed by atoms with Gasteiger partial charge in [0, 0.05) is 11.8 Å². The standard InChI is InChI=1S/C10H12N2O5/c1-4-2-12(10(15)11-8(4)14)9-7-6(17-7)5(3-13)16-9/h2,5-7,9,13H,3H2,1H3,(H,11,14,15)/t5-,6-,7?,9-/m1/s1. The molecular weight excluding hydrogens is 228 g/mol. The Balaban J connectivity index is 1.98. The summed E-state index contributed by atoms with van der Waals surface area (Å²) >= 11 is 0. The molecule has 3 rings (SSSR count). The van der Waals surface area contributed by atoms with Crippen LogP contribution in [0.25, 0.3) is 0 Å². The summed E-state index contributed by atoms with van der Waals surface area (Å²) in [6, 6.07) is 0. The Morgan fingerprint density at radius 3 is 2.82 bits per heavy atom. The van der Waals surface area contributed by atoms with E-state index in [9.17, 15) is 9.59 Å². The third kappa shape index (κ3) is 1.54. The summed E-state index contributed by atoms with van der Waals surface area (Å²) < 4.78 is 12.1. The molecule has 17 heavy (non-hydrogen) atoms. The van der Waals surface area contributed by atoms with Gasteiger partial charge in [0.15, 0.2) is 6.23 Å². The van der Waals surface area contributed by atoms with Crippen LogP contribution in [-0.2, 0) is 9.47 Å². The largest absolute Gasteiger partial charge is 0.394 e. The molecule has 2 saturated heterocycles. The summed E-state index contributed by atoms with van der Waals surface area (Å²) in [7, 11) is 0. The average molecular weight is 240 g/mol. The van der Waals surface area contributed by atoms with Gasteiger partial charge in [-0.25, -0.2) is 4.79 Å². The van der Waals surface area contributed by atoms with Crippen LogP contribution in [0.15, 0.2) is 15.8 Å². The summed E-state index contributed by atoms with van der Waals surface area (Å²) in [6.45, 7) is 1.47. The van der Waals surface area contributed by atoms with Gasteiger partial charge >= 0.3 is 5.69 Å². The van der Waals surface area contributed by atoms with Crippen molar-refractivity contribution < 1.29 is 14.6 Å². The highest BCUT2D eigenvalue weighted by Crippen LogP contribution is 2.43. The molecule has 2 N–H and O–H groups in total. The number of nitrogens with zero attached hydrogens (tertiary/aromatic N) is 1. The van der Waals surface area contributed by atoms with Crippen molar-refractivity contribution in [2.45, 2.75) is 31.5 Å². The number of aromatic nitrogens is 2. The monoisotopic (exact) mass is 240 g/mol. The molecule has 2 fully saturated rings. The van der Waals surface area contributed by atoms with E-state index >= 15 is 0 Å². The first kappa shape index (κ1) is 10.7. The van der Waals surface area contributed by atoms with E-state index in [0.29, 0.717) is 5.56 Å². The second-order valence-corrected chi connectivity index (χ2v) is 4.29. The smallest absolute Gasteiger partial charge is 0.330 e. The van der Waals surface area contributed by atoms with Crippen molar-refractivity contribution in [2.75, 3.05) is 6.61 Å². The maximum Gasteiger partial charge on any atom is 0.330 e. The Kier molecular flexibility index (Phi) is 2.22. The van der Waals surface area contributed by atoms with E-state index in [1.54, 1.807) is 6.92 Å². The number of fused-ring (bicyclic) bond motifs is 1. The van der Waals surface area contributed by atoms with Gasteiger partial charge in [-0.15, -0.1) is 0 Å². The molecule has 3 heterocycles. The van der Waals surface area contributed by atoms with Crippen LogP contribution in [0.5, 0.6) is 0 Å². The van der Waals surface area contributed by atoms with Crippen LogP contribution in [0, 0.1) is 6.92 Å². The van der Waals surface area contributed by atoms with E-state index in [1.165, 1.54) is 10.8 Å². The molecular formula is C10H12N2O5. The predicted molar refractivity (Wildman–Crippen MR) is 55.7 cm³/mol. The molecule has 1 unspecified atom stereocenters. The fourth-order valence-electron chi connectivity index (χ4n) is 2.14. The summed E-state index contributed by atoms with van der Waals surface area (Å²) in [6.07, 6.45) is 0.119. The fourth-order valence-corrected chi connectivity index (χ4v) is 2.14.